The van der Waals surface area contributed by atoms with Gasteiger partial charge in [-0.05, 0) is 19.4 Å². The monoisotopic (exact) mass is 173 g/mol. The van der Waals surface area contributed by atoms with E-state index in [-0.39, 0.29) is 0 Å². The van der Waals surface area contributed by atoms with Crippen LogP contribution in [0.1, 0.15) is 20.3 Å². The number of hydrogen-bond acceptors (Lipinski definition) is 1. The predicted octanol–water partition coefficient (Wildman–Crippen LogP) is 2.63. The zero-order chi connectivity index (χ0) is 7.98. The normalized spacial score (nSPS) is 12.5. The maximum absolute atomic E-state index is 4.67. The van der Waals surface area contributed by atoms with Crippen molar-refractivity contribution >= 4 is 34.9 Å². The van der Waals surface area contributed by atoms with Crippen LogP contribution in [0.15, 0.2) is 17.1 Å². The summed E-state index contributed by atoms with van der Waals surface area (Å²) in [5, 5.41) is 0. The predicted molar refractivity (Wildman–Crippen MR) is 54.1 cm³/mol. The van der Waals surface area contributed by atoms with Gasteiger partial charge in [-0.25, -0.2) is 4.99 Å². The third-order valence-corrected chi connectivity index (χ3v) is 1.06. The van der Waals surface area contributed by atoms with Gasteiger partial charge < -0.3 is 0 Å². The van der Waals surface area contributed by atoms with E-state index in [2.05, 4.69) is 36.8 Å². The summed E-state index contributed by atoms with van der Waals surface area (Å²) in [5.74, 6) is 0. The van der Waals surface area contributed by atoms with Crippen LogP contribution in [0.4, 0.5) is 0 Å². The van der Waals surface area contributed by atoms with Crippen molar-refractivity contribution < 1.29 is 0 Å². The molecule has 0 aromatic carbocycles. The lowest BCUT2D eigenvalue weighted by molar-refractivity contribution is 1.23. The average molecular weight is 173 g/mol. The first-order valence-corrected chi connectivity index (χ1v) is 3.97. The van der Waals surface area contributed by atoms with Gasteiger partial charge >= 0.3 is 0 Å². The topological polar surface area (TPSA) is 12.4 Å². The fourth-order valence-corrected chi connectivity index (χ4v) is 0.778. The van der Waals surface area contributed by atoms with Crippen LogP contribution in [-0.2, 0) is 0 Å². The average Bonchev–Trinajstić information content (AvgIpc) is 1.82. The summed E-state index contributed by atoms with van der Waals surface area (Å²) in [6, 6.07) is 0. The zero-order valence-corrected chi connectivity index (χ0v) is 7.88. The molecule has 0 atom stereocenters. The summed E-state index contributed by atoms with van der Waals surface area (Å²) in [5.41, 5.74) is 0.904. The van der Waals surface area contributed by atoms with Crippen molar-refractivity contribution in [1.82, 2.24) is 0 Å². The van der Waals surface area contributed by atoms with Crippen LogP contribution in [0.5, 0.6) is 0 Å². The van der Waals surface area contributed by atoms with Crippen molar-refractivity contribution in [3.8, 4) is 0 Å². The number of rotatable bonds is 2. The zero-order valence-electron chi connectivity index (χ0n) is 6.16. The molecule has 0 rings (SSSR count). The van der Waals surface area contributed by atoms with Gasteiger partial charge in [-0.1, -0.05) is 25.2 Å². The molecule has 0 unspecified atom stereocenters. The summed E-state index contributed by atoms with van der Waals surface area (Å²) in [6.45, 7) is 3.97. The van der Waals surface area contributed by atoms with E-state index in [0.717, 1.165) is 12.1 Å². The van der Waals surface area contributed by atoms with E-state index in [1.165, 1.54) is 0 Å². The quantitative estimate of drug-likeness (QED) is 0.384. The van der Waals surface area contributed by atoms with Crippen LogP contribution in [0.3, 0.4) is 0 Å². The highest BCUT2D eigenvalue weighted by Crippen LogP contribution is 1.90. The molecule has 0 fully saturated rings. The molecular weight excluding hydrogens is 162 g/mol. The van der Waals surface area contributed by atoms with E-state index in [1.54, 1.807) is 0 Å². The maximum atomic E-state index is 4.67. The molecule has 0 N–H and O–H groups in total. The molecule has 0 aliphatic rings. The van der Waals surface area contributed by atoms with Crippen molar-refractivity contribution in [2.45, 2.75) is 20.3 Å². The van der Waals surface area contributed by atoms with Gasteiger partial charge in [-0.2, -0.15) is 0 Å². The first-order valence-electron chi connectivity index (χ1n) is 3.11. The number of thiocarbonyl (C=S) groups is 1. The van der Waals surface area contributed by atoms with E-state index in [4.69, 9.17) is 0 Å². The second-order valence-corrected chi connectivity index (χ2v) is 2.96. The minimum absolute atomic E-state index is 0.387. The molecule has 0 aromatic heterocycles. The van der Waals surface area contributed by atoms with Gasteiger partial charge in [0, 0.05) is 5.71 Å². The second kappa shape index (κ2) is 5.62. The molecule has 0 radical (unpaired) electrons. The Morgan fingerprint density at radius 1 is 1.70 bits per heavy atom. The molecular formula is C7H11NS2. The van der Waals surface area contributed by atoms with Gasteiger partial charge in [0.1, 0.15) is 0 Å². The molecule has 0 aliphatic heterocycles. The highest BCUT2D eigenvalue weighted by atomic mass is 32.1. The number of thiol groups is 1. The van der Waals surface area contributed by atoms with Gasteiger partial charge in [-0.3, -0.25) is 0 Å². The molecule has 3 heteroatoms. The summed E-state index contributed by atoms with van der Waals surface area (Å²) in [4.78, 5) is 3.94. The Morgan fingerprint density at radius 3 is 2.70 bits per heavy atom. The molecule has 0 heterocycles. The molecule has 0 spiro atoms. The van der Waals surface area contributed by atoms with Gasteiger partial charge in [-0.15, -0.1) is 12.6 Å². The highest BCUT2D eigenvalue weighted by Gasteiger charge is 1.83. The maximum Gasteiger partial charge on any atom is 0.156 e. The highest BCUT2D eigenvalue weighted by molar-refractivity contribution is 8.11. The first-order chi connectivity index (χ1) is 4.66. The number of nitrogens with zero attached hydrogens (tertiary/aromatic N) is 1. The van der Waals surface area contributed by atoms with Crippen LogP contribution >= 0.6 is 24.8 Å². The molecule has 0 aromatic rings. The van der Waals surface area contributed by atoms with E-state index >= 15 is 0 Å². The van der Waals surface area contributed by atoms with E-state index in [9.17, 15) is 0 Å². The van der Waals surface area contributed by atoms with Gasteiger partial charge in [0.25, 0.3) is 0 Å². The lowest BCUT2D eigenvalue weighted by Gasteiger charge is -1.87. The summed E-state index contributed by atoms with van der Waals surface area (Å²) < 4.78 is 0.387. The Bertz CT molecular complexity index is 170. The Hall–Kier alpha value is -0.150. The van der Waals surface area contributed by atoms with E-state index in [0.29, 0.717) is 4.32 Å². The van der Waals surface area contributed by atoms with Crippen LogP contribution in [0.2, 0.25) is 0 Å². The molecule has 10 heavy (non-hydrogen) atoms. The van der Waals surface area contributed by atoms with Crippen LogP contribution in [0.25, 0.3) is 0 Å². The van der Waals surface area contributed by atoms with Crippen molar-refractivity contribution in [1.29, 1.82) is 0 Å². The molecule has 0 saturated heterocycles. The SMILES string of the molecule is CC/C=C\C(C)=NC(=S)S. The standard InChI is InChI=1S/C7H11NS2/c1-3-4-5-6(2)8-7(9)10/h4-5H,3H2,1-2H3,(H,9,10)/b5-4-,8-6?. The van der Waals surface area contributed by atoms with Crippen molar-refractivity contribution in [3.63, 3.8) is 0 Å². The minimum Gasteiger partial charge on any atom is -0.235 e. The number of hydrogen-bond donors (Lipinski definition) is 1. The number of aliphatic imine (C=N–C) groups is 1. The molecule has 0 saturated carbocycles. The van der Waals surface area contributed by atoms with Crippen LogP contribution in [0, 0.1) is 0 Å². The third kappa shape index (κ3) is 5.98. The van der Waals surface area contributed by atoms with E-state index in [1.807, 2.05) is 19.1 Å². The molecule has 0 aliphatic carbocycles. The largest absolute Gasteiger partial charge is 0.235 e. The minimum atomic E-state index is 0.387. The van der Waals surface area contributed by atoms with Crippen molar-refractivity contribution in [2.75, 3.05) is 0 Å². The Kier molecular flexibility index (Phi) is 5.54. The Morgan fingerprint density at radius 2 is 2.30 bits per heavy atom. The van der Waals surface area contributed by atoms with Crippen LogP contribution in [-0.4, -0.2) is 10.0 Å². The lowest BCUT2D eigenvalue weighted by atomic mass is 10.3. The summed E-state index contributed by atoms with van der Waals surface area (Å²) in [6.07, 6.45) is 4.99. The van der Waals surface area contributed by atoms with Crippen LogP contribution < -0.4 is 0 Å². The fourth-order valence-electron chi connectivity index (χ4n) is 0.477. The molecule has 1 nitrogen and oxygen atoms in total. The van der Waals surface area contributed by atoms with Crippen molar-refractivity contribution in [3.05, 3.63) is 12.2 Å². The fraction of sp³-hybridized carbons (Fsp3) is 0.429. The van der Waals surface area contributed by atoms with Gasteiger partial charge in [0.05, 0.1) is 0 Å². The van der Waals surface area contributed by atoms with Gasteiger partial charge in [0.15, 0.2) is 4.32 Å². The van der Waals surface area contributed by atoms with E-state index < -0.39 is 0 Å². The molecule has 56 valence electrons. The summed E-state index contributed by atoms with van der Waals surface area (Å²) in [7, 11) is 0. The lowest BCUT2D eigenvalue weighted by Crippen LogP contribution is -1.86. The van der Waals surface area contributed by atoms with Gasteiger partial charge in [0.2, 0.25) is 0 Å². The summed E-state index contributed by atoms with van der Waals surface area (Å²) >= 11 is 8.53. The Labute approximate surface area is 72.6 Å². The molecule has 0 amide bonds. The smallest absolute Gasteiger partial charge is 0.156 e. The molecule has 0 bridgehead atoms. The Balaban J connectivity index is 3.94. The second-order valence-electron chi connectivity index (χ2n) is 1.85. The number of allylic oxidation sites excluding steroid dienone is 2. The first kappa shape index (κ1) is 9.85. The van der Waals surface area contributed by atoms with Crippen molar-refractivity contribution in [2.24, 2.45) is 4.99 Å². The third-order valence-electron chi connectivity index (χ3n) is 0.867.